The van der Waals surface area contributed by atoms with Crippen molar-refractivity contribution in [3.05, 3.63) is 0 Å². The van der Waals surface area contributed by atoms with Crippen LogP contribution in [-0.2, 0) is 4.79 Å². The molecule has 1 amide bonds. The van der Waals surface area contributed by atoms with Crippen molar-refractivity contribution in [2.45, 2.75) is 25.0 Å². The fraction of sp³-hybridized carbons (Fsp3) is 0.833. The van der Waals surface area contributed by atoms with Gasteiger partial charge in [-0.2, -0.15) is 0 Å². The van der Waals surface area contributed by atoms with E-state index in [4.69, 9.17) is 0 Å². The Bertz CT molecular complexity index is 140. The van der Waals surface area contributed by atoms with E-state index >= 15 is 0 Å². The van der Waals surface area contributed by atoms with Crippen molar-refractivity contribution < 1.29 is 9.90 Å². The van der Waals surface area contributed by atoms with Crippen LogP contribution >= 0.6 is 15.9 Å². The summed E-state index contributed by atoms with van der Waals surface area (Å²) in [6.45, 7) is 0. The molecule has 0 bridgehead atoms. The highest BCUT2D eigenvalue weighted by Crippen LogP contribution is 2.11. The molecule has 2 atom stereocenters. The minimum atomic E-state index is -0.438. The third-order valence-electron chi connectivity index (χ3n) is 1.65. The van der Waals surface area contributed by atoms with E-state index in [0.717, 1.165) is 6.42 Å². The molecule has 3 nitrogen and oxygen atoms in total. The zero-order valence-electron chi connectivity index (χ0n) is 5.51. The number of carbonyl (C=O) groups is 1. The van der Waals surface area contributed by atoms with Crippen LogP contribution in [0, 0.1) is 0 Å². The summed E-state index contributed by atoms with van der Waals surface area (Å²) in [6.07, 6.45) is 0.867. The van der Waals surface area contributed by atoms with Gasteiger partial charge >= 0.3 is 0 Å². The molecule has 4 heteroatoms. The van der Waals surface area contributed by atoms with Crippen LogP contribution in [0.25, 0.3) is 0 Å². The van der Waals surface area contributed by atoms with Gasteiger partial charge in [0, 0.05) is 11.8 Å². The molecular formula is C6H10BrNO2. The van der Waals surface area contributed by atoms with Gasteiger partial charge in [-0.05, 0) is 6.42 Å². The summed E-state index contributed by atoms with van der Waals surface area (Å²) in [5, 5.41) is 12.4. The quantitative estimate of drug-likeness (QED) is 0.628. The average Bonchev–Trinajstić information content (AvgIpc) is 2.34. The maximum absolute atomic E-state index is 10.6. The Kier molecular flexibility index (Phi) is 2.68. The van der Waals surface area contributed by atoms with Gasteiger partial charge in [-0.25, -0.2) is 0 Å². The van der Waals surface area contributed by atoms with Crippen LogP contribution in [0.5, 0.6) is 0 Å². The maximum atomic E-state index is 10.6. The number of halogens is 1. The first-order valence-electron chi connectivity index (χ1n) is 3.27. The molecule has 0 saturated carbocycles. The Morgan fingerprint density at radius 3 is 3.00 bits per heavy atom. The van der Waals surface area contributed by atoms with Crippen LogP contribution in [0.15, 0.2) is 0 Å². The summed E-state index contributed by atoms with van der Waals surface area (Å²) >= 11 is 3.14. The first-order chi connectivity index (χ1) is 4.74. The zero-order valence-corrected chi connectivity index (χ0v) is 7.10. The molecular weight excluding hydrogens is 198 g/mol. The minimum absolute atomic E-state index is 0.0353. The van der Waals surface area contributed by atoms with Gasteiger partial charge in [0.15, 0.2) is 0 Å². The second-order valence-corrected chi connectivity index (χ2v) is 3.08. The van der Waals surface area contributed by atoms with Crippen molar-refractivity contribution in [2.75, 3.05) is 5.33 Å². The highest BCUT2D eigenvalue weighted by atomic mass is 79.9. The number of carbonyl (C=O) groups excluding carboxylic acids is 1. The Morgan fingerprint density at radius 1 is 1.90 bits per heavy atom. The molecule has 0 aromatic rings. The van der Waals surface area contributed by atoms with Gasteiger partial charge in [0.05, 0.1) is 12.1 Å². The van der Waals surface area contributed by atoms with E-state index < -0.39 is 6.10 Å². The van der Waals surface area contributed by atoms with Crippen molar-refractivity contribution in [3.63, 3.8) is 0 Å². The standard InChI is InChI=1S/C6H10BrNO2/c7-3-5(9)4-1-2-6(10)8-4/h4-5,9H,1-3H2,(H,8,10)/t4-,5-/m1/s1. The Hall–Kier alpha value is -0.0900. The van der Waals surface area contributed by atoms with E-state index in [1.807, 2.05) is 0 Å². The van der Waals surface area contributed by atoms with Crippen LogP contribution in [0.2, 0.25) is 0 Å². The molecule has 1 rings (SSSR count). The summed E-state index contributed by atoms with van der Waals surface area (Å²) in [5.41, 5.74) is 0. The number of aliphatic hydroxyl groups excluding tert-OH is 1. The lowest BCUT2D eigenvalue weighted by molar-refractivity contribution is -0.119. The first kappa shape index (κ1) is 8.01. The van der Waals surface area contributed by atoms with E-state index in [-0.39, 0.29) is 11.9 Å². The number of amides is 1. The number of nitrogens with one attached hydrogen (secondary N) is 1. The summed E-state index contributed by atoms with van der Waals surface area (Å²) in [6, 6.07) is -0.0353. The summed E-state index contributed by atoms with van der Waals surface area (Å²) in [5.74, 6) is 0.0463. The molecule has 0 aromatic heterocycles. The van der Waals surface area contributed by atoms with Crippen LogP contribution < -0.4 is 5.32 Å². The van der Waals surface area contributed by atoms with Gasteiger partial charge in [-0.1, -0.05) is 15.9 Å². The molecule has 1 saturated heterocycles. The largest absolute Gasteiger partial charge is 0.390 e. The van der Waals surface area contributed by atoms with E-state index in [9.17, 15) is 9.90 Å². The van der Waals surface area contributed by atoms with Crippen molar-refractivity contribution in [1.82, 2.24) is 5.32 Å². The van der Waals surface area contributed by atoms with Gasteiger partial charge in [-0.15, -0.1) is 0 Å². The highest BCUT2D eigenvalue weighted by molar-refractivity contribution is 9.09. The van der Waals surface area contributed by atoms with Gasteiger partial charge in [0.2, 0.25) is 5.91 Å². The van der Waals surface area contributed by atoms with Gasteiger partial charge in [0.25, 0.3) is 0 Å². The number of hydrogen-bond acceptors (Lipinski definition) is 2. The van der Waals surface area contributed by atoms with Crippen molar-refractivity contribution >= 4 is 21.8 Å². The fourth-order valence-corrected chi connectivity index (χ4v) is 1.49. The molecule has 10 heavy (non-hydrogen) atoms. The lowest BCUT2D eigenvalue weighted by atomic mass is 10.1. The third-order valence-corrected chi connectivity index (χ3v) is 2.31. The average molecular weight is 208 g/mol. The maximum Gasteiger partial charge on any atom is 0.220 e. The van der Waals surface area contributed by atoms with Gasteiger partial charge in [0.1, 0.15) is 0 Å². The van der Waals surface area contributed by atoms with Gasteiger partial charge in [-0.3, -0.25) is 4.79 Å². The number of aliphatic hydroxyl groups is 1. The van der Waals surface area contributed by atoms with E-state index in [1.165, 1.54) is 0 Å². The summed E-state index contributed by atoms with van der Waals surface area (Å²) < 4.78 is 0. The molecule has 0 spiro atoms. The molecule has 1 aliphatic heterocycles. The molecule has 1 aliphatic rings. The Morgan fingerprint density at radius 2 is 2.60 bits per heavy atom. The SMILES string of the molecule is O=C1CC[C@H]([C@H](O)CBr)N1. The van der Waals surface area contributed by atoms with E-state index in [2.05, 4.69) is 21.2 Å². The molecule has 0 radical (unpaired) electrons. The van der Waals surface area contributed by atoms with Crippen LogP contribution in [0.1, 0.15) is 12.8 Å². The number of rotatable bonds is 2. The molecule has 1 fully saturated rings. The molecule has 1 heterocycles. The Balaban J connectivity index is 2.36. The Labute approximate surface area is 67.9 Å². The molecule has 0 aromatic carbocycles. The summed E-state index contributed by atoms with van der Waals surface area (Å²) in [7, 11) is 0. The van der Waals surface area contributed by atoms with Crippen LogP contribution in [0.3, 0.4) is 0 Å². The molecule has 0 aliphatic carbocycles. The molecule has 2 N–H and O–H groups in total. The second-order valence-electron chi connectivity index (χ2n) is 2.43. The number of hydrogen-bond donors (Lipinski definition) is 2. The predicted molar refractivity (Wildman–Crippen MR) is 41.0 cm³/mol. The van der Waals surface area contributed by atoms with Crippen molar-refractivity contribution in [1.29, 1.82) is 0 Å². The van der Waals surface area contributed by atoms with E-state index in [1.54, 1.807) is 0 Å². The monoisotopic (exact) mass is 207 g/mol. The minimum Gasteiger partial charge on any atom is -0.390 e. The lowest BCUT2D eigenvalue weighted by Crippen LogP contribution is -2.37. The number of alkyl halides is 1. The van der Waals surface area contributed by atoms with Gasteiger partial charge < -0.3 is 10.4 Å². The lowest BCUT2D eigenvalue weighted by Gasteiger charge is -2.14. The topological polar surface area (TPSA) is 49.3 Å². The highest BCUT2D eigenvalue weighted by Gasteiger charge is 2.26. The fourth-order valence-electron chi connectivity index (χ4n) is 1.03. The first-order valence-corrected chi connectivity index (χ1v) is 4.39. The van der Waals surface area contributed by atoms with E-state index in [0.29, 0.717) is 11.8 Å². The third kappa shape index (κ3) is 1.70. The molecule has 58 valence electrons. The van der Waals surface area contributed by atoms with Crippen molar-refractivity contribution in [2.24, 2.45) is 0 Å². The second kappa shape index (κ2) is 3.34. The smallest absolute Gasteiger partial charge is 0.220 e. The zero-order chi connectivity index (χ0) is 7.56. The van der Waals surface area contributed by atoms with Crippen molar-refractivity contribution in [3.8, 4) is 0 Å². The molecule has 0 unspecified atom stereocenters. The van der Waals surface area contributed by atoms with Crippen LogP contribution in [-0.4, -0.2) is 28.5 Å². The normalized spacial score (nSPS) is 28.2. The van der Waals surface area contributed by atoms with Crippen LogP contribution in [0.4, 0.5) is 0 Å². The summed E-state index contributed by atoms with van der Waals surface area (Å²) in [4.78, 5) is 10.6. The predicted octanol–water partition coefficient (Wildman–Crippen LogP) is 0.0208.